The van der Waals surface area contributed by atoms with E-state index >= 15 is 0 Å². The molecule has 0 radical (unpaired) electrons. The van der Waals surface area contributed by atoms with Crippen molar-refractivity contribution >= 4 is 39.7 Å². The van der Waals surface area contributed by atoms with Crippen LogP contribution >= 0.6 is 11.6 Å². The van der Waals surface area contributed by atoms with Gasteiger partial charge in [-0.1, -0.05) is 22.8 Å². The molecule has 1 saturated heterocycles. The second kappa shape index (κ2) is 11.4. The van der Waals surface area contributed by atoms with Gasteiger partial charge in [-0.3, -0.25) is 5.32 Å². The molecule has 0 unspecified atom stereocenters. The fourth-order valence-corrected chi connectivity index (χ4v) is 4.71. The summed E-state index contributed by atoms with van der Waals surface area (Å²) in [7, 11) is 1.60. The molecule has 0 saturated carbocycles. The number of rotatable bonds is 6. The van der Waals surface area contributed by atoms with Gasteiger partial charge < -0.3 is 26.9 Å². The monoisotopic (exact) mass is 521 g/mol. The zero-order chi connectivity index (χ0) is 24.2. The summed E-state index contributed by atoms with van der Waals surface area (Å²) in [6, 6.07) is 17.9. The highest BCUT2D eigenvalue weighted by molar-refractivity contribution is 6.32. The van der Waals surface area contributed by atoms with Gasteiger partial charge in [0, 0.05) is 49.0 Å². The van der Waals surface area contributed by atoms with Crippen LogP contribution < -0.4 is 32.3 Å². The number of aromatic nitrogens is 3. The summed E-state index contributed by atoms with van der Waals surface area (Å²) < 4.78 is 5.24. The van der Waals surface area contributed by atoms with Crippen LogP contribution in [0.1, 0.15) is 11.1 Å². The molecule has 0 aliphatic carbocycles. The molecule has 36 heavy (non-hydrogen) atoms. The van der Waals surface area contributed by atoms with Crippen LogP contribution in [-0.2, 0) is 6.54 Å². The number of hydrogen-bond donors (Lipinski definition) is 1. The van der Waals surface area contributed by atoms with Gasteiger partial charge in [0.05, 0.1) is 35.3 Å². The maximum Gasteiger partial charge on any atom is 0.252 e. The molecule has 2 aromatic heterocycles. The lowest BCUT2D eigenvalue weighted by Crippen LogP contribution is -3.00. The van der Waals surface area contributed by atoms with Crippen molar-refractivity contribution in [3.63, 3.8) is 0 Å². The molecule has 1 aliphatic rings. The molecule has 0 atom stereocenters. The number of nitrogens with two attached hydrogens (primary N) is 1. The number of hydrogen-bond acceptors (Lipinski definition) is 7. The minimum Gasteiger partial charge on any atom is -1.00 e. The summed E-state index contributed by atoms with van der Waals surface area (Å²) in [6.45, 7) is 3.99. The van der Waals surface area contributed by atoms with Gasteiger partial charge in [0.1, 0.15) is 18.1 Å². The fourth-order valence-electron chi connectivity index (χ4n) is 4.43. The molecular weight excluding hydrogens is 497 g/mol. The van der Waals surface area contributed by atoms with Crippen LogP contribution in [0, 0.1) is 11.3 Å². The van der Waals surface area contributed by atoms with Gasteiger partial charge in [-0.2, -0.15) is 10.4 Å². The van der Waals surface area contributed by atoms with E-state index in [2.05, 4.69) is 31.1 Å². The first-order valence-corrected chi connectivity index (χ1v) is 11.8. The van der Waals surface area contributed by atoms with E-state index in [9.17, 15) is 5.26 Å². The van der Waals surface area contributed by atoms with Crippen LogP contribution in [-0.4, -0.2) is 48.5 Å². The minimum absolute atomic E-state index is 0. The lowest BCUT2D eigenvalue weighted by atomic mass is 10.1. The molecule has 0 spiro atoms. The molecule has 2 N–H and O–H groups in total. The molecule has 5 rings (SSSR count). The summed E-state index contributed by atoms with van der Waals surface area (Å²) in [5, 5.41) is 22.9. The average Bonchev–Trinajstić information content (AvgIpc) is 2.92. The average molecular weight is 522 g/mol. The number of quaternary nitrogens is 1. The third-order valence-corrected chi connectivity index (χ3v) is 6.55. The number of halogens is 2. The van der Waals surface area contributed by atoms with Crippen LogP contribution in [0.25, 0.3) is 10.8 Å². The van der Waals surface area contributed by atoms with Crippen LogP contribution in [0.4, 0.5) is 17.3 Å². The van der Waals surface area contributed by atoms with Crippen molar-refractivity contribution in [2.45, 2.75) is 6.54 Å². The van der Waals surface area contributed by atoms with Gasteiger partial charge in [-0.05, 0) is 42.5 Å². The van der Waals surface area contributed by atoms with E-state index in [1.807, 2.05) is 60.0 Å². The molecule has 4 aromatic rings. The Hall–Kier alpha value is -3.64. The molecule has 1 aliphatic heterocycles. The van der Waals surface area contributed by atoms with E-state index in [1.54, 1.807) is 13.3 Å². The van der Waals surface area contributed by atoms with Crippen LogP contribution in [0.2, 0.25) is 5.02 Å². The number of pyridine rings is 1. The highest BCUT2D eigenvalue weighted by atomic mass is 35.5. The van der Waals surface area contributed by atoms with E-state index in [0.717, 1.165) is 59.8 Å². The molecule has 184 valence electrons. The zero-order valence-corrected chi connectivity index (χ0v) is 21.2. The van der Waals surface area contributed by atoms with E-state index in [-0.39, 0.29) is 12.4 Å². The van der Waals surface area contributed by atoms with E-state index < -0.39 is 0 Å². The highest BCUT2D eigenvalue weighted by Crippen LogP contribution is 2.31. The molecule has 1 fully saturated rings. The zero-order valence-electron chi connectivity index (χ0n) is 19.7. The number of nitrogens with zero attached hydrogens (tertiary/aromatic N) is 6. The molecule has 8 nitrogen and oxygen atoms in total. The number of anilines is 2. The molecule has 10 heteroatoms. The fraction of sp³-hybridized carbons (Fsp3) is 0.231. The Morgan fingerprint density at radius 1 is 1.06 bits per heavy atom. The number of methoxy groups -OCH3 is 1. The Labute approximate surface area is 220 Å². The van der Waals surface area contributed by atoms with E-state index in [4.69, 9.17) is 16.3 Å². The number of benzene rings is 2. The number of ether oxygens (including phenoxy) is 1. The van der Waals surface area contributed by atoms with E-state index in [0.29, 0.717) is 22.9 Å². The lowest BCUT2D eigenvalue weighted by molar-refractivity contribution is -0.591. The summed E-state index contributed by atoms with van der Waals surface area (Å²) in [5.41, 5.74) is 2.66. The Bertz CT molecular complexity index is 1390. The Morgan fingerprint density at radius 3 is 2.56 bits per heavy atom. The van der Waals surface area contributed by atoms with Gasteiger partial charge in [-0.15, -0.1) is 0 Å². The summed E-state index contributed by atoms with van der Waals surface area (Å²) in [5.74, 6) is 2.39. The first kappa shape index (κ1) is 25.5. The summed E-state index contributed by atoms with van der Waals surface area (Å²) >= 11 is 6.29. The van der Waals surface area contributed by atoms with Crippen LogP contribution in [0.3, 0.4) is 0 Å². The maximum atomic E-state index is 9.73. The van der Waals surface area contributed by atoms with Gasteiger partial charge in [0.15, 0.2) is 0 Å². The van der Waals surface area contributed by atoms with Crippen LogP contribution in [0.5, 0.6) is 5.75 Å². The third kappa shape index (κ3) is 5.29. The number of fused-ring (bicyclic) bond motifs is 1. The van der Waals surface area contributed by atoms with Crippen molar-refractivity contribution in [2.24, 2.45) is 0 Å². The van der Waals surface area contributed by atoms with Crippen LogP contribution in [0.15, 0.2) is 60.9 Å². The SMILES string of the molecule is COc1ccc(C[NH2+]c2nncc3c(N4CCN(c5ccccn5)CC4)cc(C#N)cc23)cc1Cl.[Cl-]. The molecular formula is C26H25Cl2N7O. The molecule has 3 heterocycles. The lowest BCUT2D eigenvalue weighted by Gasteiger charge is -2.37. The Morgan fingerprint density at radius 2 is 1.86 bits per heavy atom. The Balaban J connectivity index is 0.00000304. The summed E-state index contributed by atoms with van der Waals surface area (Å²) in [6.07, 6.45) is 3.61. The van der Waals surface area contributed by atoms with Gasteiger partial charge in [0.2, 0.25) is 0 Å². The largest absolute Gasteiger partial charge is 1.00 e. The minimum atomic E-state index is 0. The van der Waals surface area contributed by atoms with Gasteiger partial charge >= 0.3 is 0 Å². The van der Waals surface area contributed by atoms with E-state index in [1.165, 1.54) is 0 Å². The quantitative estimate of drug-likeness (QED) is 0.389. The van der Waals surface area contributed by atoms with Crippen molar-refractivity contribution in [1.82, 2.24) is 15.2 Å². The second-order valence-electron chi connectivity index (χ2n) is 8.34. The first-order chi connectivity index (χ1) is 17.2. The predicted octanol–water partition coefficient (Wildman–Crippen LogP) is 0.284. The van der Waals surface area contributed by atoms with Crippen molar-refractivity contribution in [3.8, 4) is 11.8 Å². The van der Waals surface area contributed by atoms with Crippen molar-refractivity contribution in [2.75, 3.05) is 43.1 Å². The smallest absolute Gasteiger partial charge is 0.252 e. The van der Waals surface area contributed by atoms with Crippen molar-refractivity contribution in [3.05, 3.63) is 77.1 Å². The third-order valence-electron chi connectivity index (χ3n) is 6.26. The number of nitriles is 1. The maximum absolute atomic E-state index is 9.73. The highest BCUT2D eigenvalue weighted by Gasteiger charge is 2.22. The predicted molar refractivity (Wildman–Crippen MR) is 136 cm³/mol. The standard InChI is InChI=1S/C26H24ClN7O.ClH/c1-35-24-6-5-18(13-22(24)27)16-30-26-20-12-19(15-28)14-23(21(20)17-31-32-26)33-8-10-34(11-9-33)25-4-2-3-7-29-25;/h2-7,12-14,17H,8-11,16H2,1H3,(H,30,32);1H. The Kier molecular flexibility index (Phi) is 8.06. The first-order valence-electron chi connectivity index (χ1n) is 11.4. The molecule has 0 amide bonds. The normalized spacial score (nSPS) is 13.2. The van der Waals surface area contributed by atoms with Crippen molar-refractivity contribution < 1.29 is 22.5 Å². The van der Waals surface area contributed by atoms with Crippen molar-refractivity contribution in [1.29, 1.82) is 5.26 Å². The van der Waals surface area contributed by atoms with Gasteiger partial charge in [0.25, 0.3) is 5.82 Å². The van der Waals surface area contributed by atoms with Gasteiger partial charge in [-0.25, -0.2) is 4.98 Å². The summed E-state index contributed by atoms with van der Waals surface area (Å²) in [4.78, 5) is 9.08. The number of piperazine rings is 1. The molecule has 0 bridgehead atoms. The topological polar surface area (TPSA) is 94.8 Å². The molecule has 2 aromatic carbocycles. The second-order valence-corrected chi connectivity index (χ2v) is 8.74.